The van der Waals surface area contributed by atoms with Gasteiger partial charge in [-0.15, -0.1) is 6.58 Å². The summed E-state index contributed by atoms with van der Waals surface area (Å²) in [4.78, 5) is 0. The number of hydrogen-bond donors (Lipinski definition) is 3. The molecular formula is C23H39NO2. The highest BCUT2D eigenvalue weighted by Crippen LogP contribution is 2.66. The molecule has 3 nitrogen and oxygen atoms in total. The molecule has 4 rings (SSSR count). The molecule has 4 aliphatic rings. The van der Waals surface area contributed by atoms with Gasteiger partial charge in [-0.2, -0.15) is 0 Å². The highest BCUT2D eigenvalue weighted by molar-refractivity contribution is 5.13. The first-order valence-corrected chi connectivity index (χ1v) is 11.0. The Bertz CT molecular complexity index is 550. The lowest BCUT2D eigenvalue weighted by Gasteiger charge is -2.61. The summed E-state index contributed by atoms with van der Waals surface area (Å²) in [6.45, 7) is 8.76. The standard InChI is InChI=1S/C23H39NO2/c1-4-5-6-14-13-23(3)15(11-19(14)25)7-8-16-17(23)9-10-22(2)18(16)12-20(26)21(22)24/h4,14-21,25-26H,1,5-13,24H2,2-3H3/t14?,15-,16+,17-,18-,19+,20+,21-,22-,23-/m0/s1. The van der Waals surface area contributed by atoms with Gasteiger partial charge in [-0.25, -0.2) is 0 Å². The Morgan fingerprint density at radius 1 is 1.04 bits per heavy atom. The van der Waals surface area contributed by atoms with Gasteiger partial charge < -0.3 is 15.9 Å². The lowest BCUT2D eigenvalue weighted by atomic mass is 9.44. The summed E-state index contributed by atoms with van der Waals surface area (Å²) in [5.74, 6) is 3.15. The van der Waals surface area contributed by atoms with Crippen LogP contribution in [0.25, 0.3) is 0 Å². The predicted molar refractivity (Wildman–Crippen MR) is 105 cm³/mol. The molecule has 4 saturated carbocycles. The summed E-state index contributed by atoms with van der Waals surface area (Å²) in [6, 6.07) is -0.0486. The van der Waals surface area contributed by atoms with Gasteiger partial charge in [0.15, 0.2) is 0 Å². The molecule has 0 bridgehead atoms. The second-order valence-corrected chi connectivity index (χ2v) is 10.7. The highest BCUT2D eigenvalue weighted by Gasteiger charge is 2.62. The van der Waals surface area contributed by atoms with E-state index in [2.05, 4.69) is 20.4 Å². The SMILES string of the molecule is C=CCCC1C[C@@]2(C)[C@@H](CC[C@@H]3[C@@H]2CC[C@]2(C)[C@@H](N)[C@H](O)C[C@@H]32)C[C@H]1O. The van der Waals surface area contributed by atoms with E-state index in [1.54, 1.807) is 0 Å². The summed E-state index contributed by atoms with van der Waals surface area (Å²) >= 11 is 0. The molecule has 0 aromatic rings. The van der Waals surface area contributed by atoms with Crippen molar-refractivity contribution in [1.29, 1.82) is 0 Å². The van der Waals surface area contributed by atoms with Crippen molar-refractivity contribution >= 4 is 0 Å². The van der Waals surface area contributed by atoms with E-state index in [-0.39, 0.29) is 23.7 Å². The molecule has 0 aromatic heterocycles. The maximum absolute atomic E-state index is 10.7. The first kappa shape index (κ1) is 19.0. The average molecular weight is 362 g/mol. The minimum Gasteiger partial charge on any atom is -0.393 e. The molecule has 0 saturated heterocycles. The zero-order valence-corrected chi connectivity index (χ0v) is 16.7. The molecule has 1 unspecified atom stereocenters. The van der Waals surface area contributed by atoms with Gasteiger partial charge >= 0.3 is 0 Å². The minimum atomic E-state index is -0.317. The van der Waals surface area contributed by atoms with Crippen LogP contribution in [0.1, 0.15) is 71.6 Å². The van der Waals surface area contributed by atoms with Crippen LogP contribution in [0.3, 0.4) is 0 Å². The number of aliphatic hydroxyl groups is 2. The van der Waals surface area contributed by atoms with E-state index >= 15 is 0 Å². The summed E-state index contributed by atoms with van der Waals surface area (Å²) in [5.41, 5.74) is 6.94. The Balaban J connectivity index is 1.59. The van der Waals surface area contributed by atoms with Crippen LogP contribution in [0.15, 0.2) is 12.7 Å². The normalized spacial score (nSPS) is 56.3. The van der Waals surface area contributed by atoms with Gasteiger partial charge in [-0.3, -0.25) is 0 Å². The van der Waals surface area contributed by atoms with Crippen molar-refractivity contribution in [3.8, 4) is 0 Å². The lowest BCUT2D eigenvalue weighted by molar-refractivity contribution is -0.140. The Morgan fingerprint density at radius 2 is 1.81 bits per heavy atom. The minimum absolute atomic E-state index is 0.0486. The third-order valence-corrected chi connectivity index (χ3v) is 9.69. The van der Waals surface area contributed by atoms with E-state index in [1.807, 2.05) is 6.08 Å². The number of hydrogen-bond acceptors (Lipinski definition) is 3. The molecule has 0 aromatic carbocycles. The number of fused-ring (bicyclic) bond motifs is 5. The smallest absolute Gasteiger partial charge is 0.0699 e. The molecule has 148 valence electrons. The van der Waals surface area contributed by atoms with Crippen molar-refractivity contribution in [1.82, 2.24) is 0 Å². The molecular weight excluding hydrogens is 322 g/mol. The van der Waals surface area contributed by atoms with Gasteiger partial charge in [0.05, 0.1) is 12.2 Å². The van der Waals surface area contributed by atoms with Crippen molar-refractivity contribution in [3.05, 3.63) is 12.7 Å². The Labute approximate surface area is 159 Å². The van der Waals surface area contributed by atoms with Crippen LogP contribution in [0.2, 0.25) is 0 Å². The van der Waals surface area contributed by atoms with Gasteiger partial charge in [0.1, 0.15) is 0 Å². The maximum atomic E-state index is 10.7. The summed E-state index contributed by atoms with van der Waals surface area (Å²) < 4.78 is 0. The van der Waals surface area contributed by atoms with E-state index in [0.29, 0.717) is 29.1 Å². The fraction of sp³-hybridized carbons (Fsp3) is 0.913. The predicted octanol–water partition coefficient (Wildman–Crippen LogP) is 3.88. The van der Waals surface area contributed by atoms with Crippen LogP contribution in [0.5, 0.6) is 0 Å². The molecule has 4 fully saturated rings. The topological polar surface area (TPSA) is 66.5 Å². The molecule has 10 atom stereocenters. The van der Waals surface area contributed by atoms with Crippen LogP contribution in [-0.2, 0) is 0 Å². The number of nitrogens with two attached hydrogens (primary N) is 1. The molecule has 4 N–H and O–H groups in total. The van der Waals surface area contributed by atoms with Crippen molar-refractivity contribution in [3.63, 3.8) is 0 Å². The maximum Gasteiger partial charge on any atom is 0.0699 e. The first-order valence-electron chi connectivity index (χ1n) is 11.0. The van der Waals surface area contributed by atoms with E-state index in [4.69, 9.17) is 5.73 Å². The second kappa shape index (κ2) is 6.60. The van der Waals surface area contributed by atoms with Crippen molar-refractivity contribution in [2.45, 2.75) is 89.9 Å². The van der Waals surface area contributed by atoms with Crippen LogP contribution in [0, 0.1) is 40.4 Å². The Kier molecular flexibility index (Phi) is 4.81. The number of rotatable bonds is 3. The van der Waals surface area contributed by atoms with Gasteiger partial charge in [0.2, 0.25) is 0 Å². The molecule has 4 aliphatic carbocycles. The second-order valence-electron chi connectivity index (χ2n) is 10.7. The molecule has 0 aliphatic heterocycles. The zero-order valence-electron chi connectivity index (χ0n) is 16.7. The van der Waals surface area contributed by atoms with Crippen LogP contribution < -0.4 is 5.73 Å². The van der Waals surface area contributed by atoms with Crippen molar-refractivity contribution in [2.75, 3.05) is 0 Å². The Morgan fingerprint density at radius 3 is 2.54 bits per heavy atom. The highest BCUT2D eigenvalue weighted by atomic mass is 16.3. The van der Waals surface area contributed by atoms with E-state index < -0.39 is 0 Å². The average Bonchev–Trinajstić information content (AvgIpc) is 2.84. The van der Waals surface area contributed by atoms with Crippen LogP contribution in [0.4, 0.5) is 0 Å². The van der Waals surface area contributed by atoms with Crippen molar-refractivity contribution < 1.29 is 10.2 Å². The molecule has 3 heteroatoms. The zero-order chi connectivity index (χ0) is 18.7. The van der Waals surface area contributed by atoms with Gasteiger partial charge in [0, 0.05) is 6.04 Å². The summed E-state index contributed by atoms with van der Waals surface area (Å²) in [6.07, 6.45) is 11.7. The van der Waals surface area contributed by atoms with E-state index in [1.165, 1.54) is 32.1 Å². The monoisotopic (exact) mass is 361 g/mol. The van der Waals surface area contributed by atoms with Gasteiger partial charge in [0.25, 0.3) is 0 Å². The molecule has 0 radical (unpaired) electrons. The van der Waals surface area contributed by atoms with E-state index in [9.17, 15) is 10.2 Å². The largest absolute Gasteiger partial charge is 0.393 e. The lowest BCUT2D eigenvalue weighted by Crippen LogP contribution is -2.56. The fourth-order valence-electron chi connectivity index (χ4n) is 8.10. The Hall–Kier alpha value is -0.380. The molecule has 0 spiro atoms. The quantitative estimate of drug-likeness (QED) is 0.668. The first-order chi connectivity index (χ1) is 12.3. The third kappa shape index (κ3) is 2.64. The molecule has 0 amide bonds. The molecule has 0 heterocycles. The summed E-state index contributed by atoms with van der Waals surface area (Å²) in [5, 5.41) is 21.2. The summed E-state index contributed by atoms with van der Waals surface area (Å²) in [7, 11) is 0. The van der Waals surface area contributed by atoms with Crippen molar-refractivity contribution in [2.24, 2.45) is 46.2 Å². The van der Waals surface area contributed by atoms with Crippen LogP contribution >= 0.6 is 0 Å². The molecule has 26 heavy (non-hydrogen) atoms. The van der Waals surface area contributed by atoms with Gasteiger partial charge in [-0.05, 0) is 98.2 Å². The van der Waals surface area contributed by atoms with Crippen LogP contribution in [-0.4, -0.2) is 28.5 Å². The third-order valence-electron chi connectivity index (χ3n) is 9.69. The van der Waals surface area contributed by atoms with E-state index in [0.717, 1.165) is 31.6 Å². The van der Waals surface area contributed by atoms with Gasteiger partial charge in [-0.1, -0.05) is 19.9 Å². The number of aliphatic hydroxyl groups excluding tert-OH is 2. The number of allylic oxidation sites excluding steroid dienone is 1. The fourth-order valence-corrected chi connectivity index (χ4v) is 8.10.